The molecule has 2 aromatic rings. The van der Waals surface area contributed by atoms with E-state index >= 15 is 0 Å². The van der Waals surface area contributed by atoms with Crippen LogP contribution in [0.25, 0.3) is 0 Å². The van der Waals surface area contributed by atoms with Crippen molar-refractivity contribution in [3.8, 4) is 5.75 Å². The predicted octanol–water partition coefficient (Wildman–Crippen LogP) is 2.94. The maximum atomic E-state index is 12.1. The monoisotopic (exact) mass is 404 g/mol. The number of carbonyl (C=O) groups is 2. The van der Waals surface area contributed by atoms with Crippen LogP contribution in [0.2, 0.25) is 0 Å². The van der Waals surface area contributed by atoms with Crippen molar-refractivity contribution in [2.24, 2.45) is 0 Å². The van der Waals surface area contributed by atoms with Crippen LogP contribution in [0.4, 0.5) is 5.69 Å². The molecule has 0 aromatic heterocycles. The van der Waals surface area contributed by atoms with Crippen molar-refractivity contribution in [1.82, 2.24) is 5.32 Å². The lowest BCUT2D eigenvalue weighted by atomic mass is 10.2. The van der Waals surface area contributed by atoms with E-state index in [1.807, 2.05) is 12.1 Å². The molecule has 148 valence electrons. The second-order valence-corrected chi connectivity index (χ2v) is 6.73. The van der Waals surface area contributed by atoms with Crippen molar-refractivity contribution in [2.75, 3.05) is 12.9 Å². The summed E-state index contributed by atoms with van der Waals surface area (Å²) in [7, 11) is 1.57. The smallest absolute Gasteiger partial charge is 0.317 e. The number of carbonyl (C=O) groups excluding carboxylic acids is 2. The Labute approximate surface area is 166 Å². The molecular weight excluding hydrogens is 384 g/mol. The molecule has 0 heterocycles. The number of nitrogens with zero attached hydrogens (tertiary/aromatic N) is 1. The number of ether oxygens (including phenoxy) is 2. The number of hydrogen-bond acceptors (Lipinski definition) is 7. The van der Waals surface area contributed by atoms with Crippen LogP contribution in [0.15, 0.2) is 53.4 Å². The number of nitrogens with one attached hydrogen (secondary N) is 1. The van der Waals surface area contributed by atoms with E-state index in [2.05, 4.69) is 5.32 Å². The first-order chi connectivity index (χ1) is 13.4. The highest BCUT2D eigenvalue weighted by atomic mass is 32.2. The summed E-state index contributed by atoms with van der Waals surface area (Å²) in [4.78, 5) is 34.9. The van der Waals surface area contributed by atoms with Crippen LogP contribution in [0.1, 0.15) is 12.5 Å². The van der Waals surface area contributed by atoms with E-state index in [-0.39, 0.29) is 18.0 Å². The van der Waals surface area contributed by atoms with E-state index in [4.69, 9.17) is 9.47 Å². The van der Waals surface area contributed by atoms with Gasteiger partial charge in [0.25, 0.3) is 11.6 Å². The molecule has 0 bridgehead atoms. The standard InChI is InChI=1S/C19H20N2O6S/c1-13(19(23)20-11-14-7-9-15(26-2)10-8-14)27-18(22)12-28-17-6-4-3-5-16(17)21(24)25/h3-10,13H,11-12H2,1-2H3,(H,20,23)/t13-/m1/s1. The van der Waals surface area contributed by atoms with Gasteiger partial charge in [-0.05, 0) is 30.7 Å². The molecule has 0 unspecified atom stereocenters. The number of amides is 1. The number of rotatable bonds is 9. The third kappa shape index (κ3) is 6.27. The molecule has 28 heavy (non-hydrogen) atoms. The summed E-state index contributed by atoms with van der Waals surface area (Å²) >= 11 is 0.991. The van der Waals surface area contributed by atoms with Crippen LogP contribution in [0, 0.1) is 10.1 Å². The number of methoxy groups -OCH3 is 1. The summed E-state index contributed by atoms with van der Waals surface area (Å²) in [6.07, 6.45) is -0.975. The van der Waals surface area contributed by atoms with Crippen LogP contribution in [0.5, 0.6) is 5.75 Å². The Morgan fingerprint density at radius 2 is 1.86 bits per heavy atom. The topological polar surface area (TPSA) is 108 Å². The average molecular weight is 404 g/mol. The first kappa shape index (κ1) is 21.2. The fourth-order valence-electron chi connectivity index (χ4n) is 2.23. The lowest BCUT2D eigenvalue weighted by molar-refractivity contribution is -0.387. The van der Waals surface area contributed by atoms with Gasteiger partial charge in [-0.1, -0.05) is 24.3 Å². The Bertz CT molecular complexity index is 841. The summed E-state index contributed by atoms with van der Waals surface area (Å²) in [5.74, 6) is -0.482. The Morgan fingerprint density at radius 1 is 1.18 bits per heavy atom. The Balaban J connectivity index is 1.79. The highest BCUT2D eigenvalue weighted by molar-refractivity contribution is 8.00. The Hall–Kier alpha value is -3.07. The molecule has 0 aliphatic carbocycles. The Kier molecular flexibility index (Phi) is 7.82. The molecule has 0 saturated heterocycles. The maximum Gasteiger partial charge on any atom is 0.317 e. The third-order valence-corrected chi connectivity index (χ3v) is 4.75. The number of benzene rings is 2. The molecule has 0 fully saturated rings. The molecule has 0 spiro atoms. The lowest BCUT2D eigenvalue weighted by Crippen LogP contribution is -2.35. The van der Waals surface area contributed by atoms with Crippen molar-refractivity contribution in [2.45, 2.75) is 24.5 Å². The van der Waals surface area contributed by atoms with Crippen molar-refractivity contribution in [3.05, 3.63) is 64.2 Å². The van der Waals surface area contributed by atoms with Crippen LogP contribution in [-0.4, -0.2) is 35.8 Å². The molecule has 2 rings (SSSR count). The van der Waals surface area contributed by atoms with Gasteiger partial charge in [0.2, 0.25) is 0 Å². The minimum Gasteiger partial charge on any atom is -0.497 e. The molecule has 1 amide bonds. The van der Waals surface area contributed by atoms with Gasteiger partial charge in [0.15, 0.2) is 6.10 Å². The van der Waals surface area contributed by atoms with E-state index in [0.29, 0.717) is 10.6 Å². The zero-order valence-electron chi connectivity index (χ0n) is 15.4. The summed E-state index contributed by atoms with van der Waals surface area (Å²) in [6, 6.07) is 13.3. The summed E-state index contributed by atoms with van der Waals surface area (Å²) in [5, 5.41) is 13.7. The summed E-state index contributed by atoms with van der Waals surface area (Å²) in [5.41, 5.74) is 0.796. The fourth-order valence-corrected chi connectivity index (χ4v) is 3.03. The van der Waals surface area contributed by atoms with Crippen LogP contribution >= 0.6 is 11.8 Å². The number of nitro groups is 1. The zero-order valence-corrected chi connectivity index (χ0v) is 16.2. The van der Waals surface area contributed by atoms with E-state index in [9.17, 15) is 19.7 Å². The van der Waals surface area contributed by atoms with Gasteiger partial charge in [0.1, 0.15) is 5.75 Å². The molecule has 0 saturated carbocycles. The minimum atomic E-state index is -0.975. The van der Waals surface area contributed by atoms with Gasteiger partial charge >= 0.3 is 5.97 Å². The van der Waals surface area contributed by atoms with Gasteiger partial charge in [-0.25, -0.2) is 0 Å². The molecular formula is C19H20N2O6S. The van der Waals surface area contributed by atoms with E-state index in [0.717, 1.165) is 17.3 Å². The minimum absolute atomic E-state index is 0.0782. The summed E-state index contributed by atoms with van der Waals surface area (Å²) in [6.45, 7) is 1.76. The molecule has 0 aliphatic rings. The second kappa shape index (κ2) is 10.3. The summed E-state index contributed by atoms with van der Waals surface area (Å²) < 4.78 is 10.2. The molecule has 9 heteroatoms. The van der Waals surface area contributed by atoms with Gasteiger partial charge in [-0.2, -0.15) is 0 Å². The number of nitro benzene ring substituents is 1. The normalized spacial score (nSPS) is 11.4. The highest BCUT2D eigenvalue weighted by Gasteiger charge is 2.19. The quantitative estimate of drug-likeness (QED) is 0.296. The number of esters is 1. The van der Waals surface area contributed by atoms with Gasteiger partial charge in [0, 0.05) is 12.6 Å². The van der Waals surface area contributed by atoms with E-state index in [1.165, 1.54) is 13.0 Å². The van der Waals surface area contributed by atoms with Crippen LogP contribution < -0.4 is 10.1 Å². The van der Waals surface area contributed by atoms with Crippen molar-refractivity contribution >= 4 is 29.3 Å². The maximum absolute atomic E-state index is 12.1. The first-order valence-electron chi connectivity index (χ1n) is 8.37. The van der Waals surface area contributed by atoms with E-state index in [1.54, 1.807) is 37.4 Å². The number of para-hydroxylation sites is 1. The van der Waals surface area contributed by atoms with Gasteiger partial charge in [-0.3, -0.25) is 19.7 Å². The highest BCUT2D eigenvalue weighted by Crippen LogP contribution is 2.28. The van der Waals surface area contributed by atoms with Crippen molar-refractivity contribution < 1.29 is 24.0 Å². The number of thioether (sulfide) groups is 1. The molecule has 2 aromatic carbocycles. The van der Waals surface area contributed by atoms with Gasteiger partial charge in [-0.15, -0.1) is 11.8 Å². The SMILES string of the molecule is COc1ccc(CNC(=O)[C@@H](C)OC(=O)CSc2ccccc2[N+](=O)[O-])cc1. The predicted molar refractivity (Wildman–Crippen MR) is 104 cm³/mol. The third-order valence-electron chi connectivity index (χ3n) is 3.71. The second-order valence-electron chi connectivity index (χ2n) is 5.71. The molecule has 0 radical (unpaired) electrons. The number of hydrogen-bond donors (Lipinski definition) is 1. The fraction of sp³-hybridized carbons (Fsp3) is 0.263. The molecule has 8 nitrogen and oxygen atoms in total. The van der Waals surface area contributed by atoms with Crippen LogP contribution in [-0.2, 0) is 20.9 Å². The largest absolute Gasteiger partial charge is 0.497 e. The van der Waals surface area contributed by atoms with Crippen molar-refractivity contribution in [1.29, 1.82) is 0 Å². The zero-order chi connectivity index (χ0) is 20.5. The molecule has 1 atom stereocenters. The Morgan fingerprint density at radius 3 is 2.50 bits per heavy atom. The van der Waals surface area contributed by atoms with Gasteiger partial charge < -0.3 is 14.8 Å². The lowest BCUT2D eigenvalue weighted by Gasteiger charge is -2.13. The van der Waals surface area contributed by atoms with Gasteiger partial charge in [0.05, 0.1) is 22.7 Å². The van der Waals surface area contributed by atoms with E-state index < -0.39 is 22.9 Å². The average Bonchev–Trinajstić information content (AvgIpc) is 2.70. The van der Waals surface area contributed by atoms with Crippen LogP contribution in [0.3, 0.4) is 0 Å². The molecule has 1 N–H and O–H groups in total. The van der Waals surface area contributed by atoms with Crippen molar-refractivity contribution in [3.63, 3.8) is 0 Å². The molecule has 0 aliphatic heterocycles. The first-order valence-corrected chi connectivity index (χ1v) is 9.35.